The van der Waals surface area contributed by atoms with Gasteiger partial charge >= 0.3 is 0 Å². The first-order valence-electron chi connectivity index (χ1n) is 9.18. The first-order valence-corrected chi connectivity index (χ1v) is 12.1. The number of hydrogen-bond acceptors (Lipinski definition) is 2. The van der Waals surface area contributed by atoms with E-state index in [0.29, 0.717) is 5.75 Å². The van der Waals surface area contributed by atoms with Crippen molar-refractivity contribution < 1.29 is 5.11 Å². The van der Waals surface area contributed by atoms with Crippen LogP contribution in [-0.4, -0.2) is 20.4 Å². The van der Waals surface area contributed by atoms with E-state index in [0.717, 1.165) is 10.8 Å². The van der Waals surface area contributed by atoms with Crippen molar-refractivity contribution in [2.45, 2.75) is 39.3 Å². The summed E-state index contributed by atoms with van der Waals surface area (Å²) in [5.74, 6) is 0.462. The molecule has 0 aliphatic rings. The van der Waals surface area contributed by atoms with Gasteiger partial charge in [0.05, 0.1) is 0 Å². The minimum Gasteiger partial charge on any atom is -0.508 e. The zero-order chi connectivity index (χ0) is 19.1. The lowest BCUT2D eigenvalue weighted by Gasteiger charge is -2.38. The van der Waals surface area contributed by atoms with Gasteiger partial charge in [0.25, 0.3) is 0 Å². The number of phenolic OH excluding ortho intramolecular Hbond substituents is 1. The van der Waals surface area contributed by atoms with Crippen LogP contribution in [0.3, 0.4) is 0 Å². The molecule has 0 aliphatic heterocycles. The van der Waals surface area contributed by atoms with Gasteiger partial charge in [-0.3, -0.25) is 0 Å². The SMILES string of the molecule is CN(c1cccc2ccccc12)[Si](C)(C)c1cccc(C(C)(C)C)c1O. The van der Waals surface area contributed by atoms with Crippen molar-refractivity contribution in [1.29, 1.82) is 0 Å². The van der Waals surface area contributed by atoms with Gasteiger partial charge in [0.2, 0.25) is 0 Å². The number of benzene rings is 3. The van der Waals surface area contributed by atoms with Crippen LogP contribution >= 0.6 is 0 Å². The predicted molar refractivity (Wildman–Crippen MR) is 116 cm³/mol. The van der Waals surface area contributed by atoms with Crippen LogP contribution in [0.1, 0.15) is 26.3 Å². The zero-order valence-electron chi connectivity index (χ0n) is 16.7. The Morgan fingerprint density at radius 2 is 1.46 bits per heavy atom. The van der Waals surface area contributed by atoms with Crippen molar-refractivity contribution in [3.05, 3.63) is 66.2 Å². The first kappa shape index (κ1) is 18.5. The second-order valence-electron chi connectivity index (χ2n) is 8.57. The highest BCUT2D eigenvalue weighted by Gasteiger charge is 2.34. The normalized spacial score (nSPS) is 12.4. The van der Waals surface area contributed by atoms with E-state index in [4.69, 9.17) is 0 Å². The standard InChI is InChI=1S/C23H29NOSi/c1-23(2,3)19-14-10-16-21(22(19)25)26(5,6)24(4)20-15-9-12-17-11-7-8-13-18(17)20/h7-16,25H,1-6H3. The number of fused-ring (bicyclic) bond motifs is 1. The molecule has 0 radical (unpaired) electrons. The largest absolute Gasteiger partial charge is 0.508 e. The zero-order valence-corrected chi connectivity index (χ0v) is 17.7. The van der Waals surface area contributed by atoms with Gasteiger partial charge in [0.15, 0.2) is 8.24 Å². The summed E-state index contributed by atoms with van der Waals surface area (Å²) >= 11 is 0. The smallest absolute Gasteiger partial charge is 0.185 e. The molecule has 1 N–H and O–H groups in total. The molecule has 3 rings (SSSR count). The molecule has 2 nitrogen and oxygen atoms in total. The van der Waals surface area contributed by atoms with Crippen molar-refractivity contribution in [1.82, 2.24) is 0 Å². The quantitative estimate of drug-likeness (QED) is 0.631. The van der Waals surface area contributed by atoms with E-state index in [2.05, 4.69) is 100 Å². The van der Waals surface area contributed by atoms with Crippen molar-refractivity contribution in [3.8, 4) is 5.75 Å². The van der Waals surface area contributed by atoms with Crippen LogP contribution in [0.5, 0.6) is 5.75 Å². The van der Waals surface area contributed by atoms with Gasteiger partial charge in [0.1, 0.15) is 5.75 Å². The number of anilines is 1. The van der Waals surface area contributed by atoms with E-state index < -0.39 is 8.24 Å². The molecule has 0 spiro atoms. The molecule has 26 heavy (non-hydrogen) atoms. The summed E-state index contributed by atoms with van der Waals surface area (Å²) in [6, 6.07) is 21.2. The van der Waals surface area contributed by atoms with Gasteiger partial charge in [0, 0.05) is 16.3 Å². The Morgan fingerprint density at radius 3 is 2.15 bits per heavy atom. The Bertz CT molecular complexity index is 935. The fourth-order valence-electron chi connectivity index (χ4n) is 3.63. The summed E-state index contributed by atoms with van der Waals surface area (Å²) in [6.45, 7) is 11.0. The summed E-state index contributed by atoms with van der Waals surface area (Å²) in [5.41, 5.74) is 2.16. The lowest BCUT2D eigenvalue weighted by molar-refractivity contribution is 0.450. The van der Waals surface area contributed by atoms with Crippen LogP contribution in [0.25, 0.3) is 10.8 Å². The molecule has 0 saturated carbocycles. The fourth-order valence-corrected chi connectivity index (χ4v) is 6.00. The number of nitrogens with zero attached hydrogens (tertiary/aromatic N) is 1. The van der Waals surface area contributed by atoms with Gasteiger partial charge in [-0.15, -0.1) is 0 Å². The third-order valence-electron chi connectivity index (χ3n) is 5.47. The molecule has 0 saturated heterocycles. The lowest BCUT2D eigenvalue weighted by Crippen LogP contribution is -2.56. The Kier molecular flexibility index (Phi) is 4.61. The van der Waals surface area contributed by atoms with Gasteiger partial charge < -0.3 is 9.67 Å². The average molecular weight is 364 g/mol. The van der Waals surface area contributed by atoms with Crippen LogP contribution in [-0.2, 0) is 5.41 Å². The van der Waals surface area contributed by atoms with Gasteiger partial charge in [-0.1, -0.05) is 75.4 Å². The number of aromatic hydroxyl groups is 1. The molecule has 0 aromatic heterocycles. The lowest BCUT2D eigenvalue weighted by atomic mass is 9.86. The first-order chi connectivity index (χ1) is 12.1. The molecule has 3 aromatic carbocycles. The van der Waals surface area contributed by atoms with Crippen LogP contribution in [0, 0.1) is 0 Å². The Labute approximate surface area is 158 Å². The van der Waals surface area contributed by atoms with Crippen LogP contribution in [0.2, 0.25) is 13.1 Å². The third kappa shape index (κ3) is 3.12. The number of para-hydroxylation sites is 1. The minimum absolute atomic E-state index is 0.0808. The molecule has 0 fully saturated rings. The number of phenols is 1. The number of rotatable bonds is 3. The maximum atomic E-state index is 11.1. The van der Waals surface area contributed by atoms with E-state index in [1.54, 1.807) is 0 Å². The molecule has 0 bridgehead atoms. The molecule has 0 aliphatic carbocycles. The highest BCUT2D eigenvalue weighted by atomic mass is 28.3. The molecule has 3 heteroatoms. The molecule has 136 valence electrons. The van der Waals surface area contributed by atoms with E-state index in [1.165, 1.54) is 16.5 Å². The van der Waals surface area contributed by atoms with E-state index >= 15 is 0 Å². The molecular weight excluding hydrogens is 334 g/mol. The minimum atomic E-state index is -2.11. The Morgan fingerprint density at radius 1 is 0.846 bits per heavy atom. The van der Waals surface area contributed by atoms with Crippen molar-refractivity contribution >= 4 is 29.9 Å². The second kappa shape index (κ2) is 6.47. The van der Waals surface area contributed by atoms with Crippen molar-refractivity contribution in [2.75, 3.05) is 11.6 Å². The summed E-state index contributed by atoms with van der Waals surface area (Å²) < 4.78 is 2.40. The summed E-state index contributed by atoms with van der Waals surface area (Å²) in [7, 11) is 0.0516. The summed E-state index contributed by atoms with van der Waals surface area (Å²) in [5, 5.41) is 14.7. The maximum Gasteiger partial charge on any atom is 0.185 e. The van der Waals surface area contributed by atoms with Gasteiger partial charge in [-0.05, 0) is 42.6 Å². The van der Waals surface area contributed by atoms with Crippen LogP contribution in [0.4, 0.5) is 5.69 Å². The van der Waals surface area contributed by atoms with Crippen molar-refractivity contribution in [2.24, 2.45) is 0 Å². The molecular formula is C23H29NOSi. The van der Waals surface area contributed by atoms with E-state index in [1.807, 2.05) is 6.07 Å². The van der Waals surface area contributed by atoms with Crippen molar-refractivity contribution in [3.63, 3.8) is 0 Å². The highest BCUT2D eigenvalue weighted by molar-refractivity contribution is 6.93. The monoisotopic (exact) mass is 363 g/mol. The molecule has 0 unspecified atom stereocenters. The Balaban J connectivity index is 2.13. The molecule has 0 atom stereocenters. The van der Waals surface area contributed by atoms with Gasteiger partial charge in [-0.2, -0.15) is 0 Å². The fraction of sp³-hybridized carbons (Fsp3) is 0.304. The second-order valence-corrected chi connectivity index (χ2v) is 12.9. The average Bonchev–Trinajstić information content (AvgIpc) is 2.59. The van der Waals surface area contributed by atoms with Crippen LogP contribution in [0.15, 0.2) is 60.7 Å². The van der Waals surface area contributed by atoms with E-state index in [9.17, 15) is 5.11 Å². The maximum absolute atomic E-state index is 11.1. The van der Waals surface area contributed by atoms with Crippen LogP contribution < -0.4 is 9.75 Å². The number of hydrogen-bond donors (Lipinski definition) is 1. The molecule has 0 amide bonds. The Hall–Kier alpha value is -2.26. The predicted octanol–water partition coefficient (Wildman–Crippen LogP) is 5.39. The summed E-state index contributed by atoms with van der Waals surface area (Å²) in [6.07, 6.45) is 0. The molecule has 0 heterocycles. The highest BCUT2D eigenvalue weighted by Crippen LogP contribution is 2.33. The van der Waals surface area contributed by atoms with Gasteiger partial charge in [-0.25, -0.2) is 0 Å². The topological polar surface area (TPSA) is 23.5 Å². The van der Waals surface area contributed by atoms with E-state index in [-0.39, 0.29) is 5.41 Å². The summed E-state index contributed by atoms with van der Waals surface area (Å²) in [4.78, 5) is 0. The third-order valence-corrected chi connectivity index (χ3v) is 9.11. The molecule has 3 aromatic rings.